The molecule has 3 nitrogen and oxygen atoms in total. The molecule has 1 heterocycles. The minimum absolute atomic E-state index is 0.102. The van der Waals surface area contributed by atoms with Crippen LogP contribution in [0.15, 0.2) is 0 Å². The van der Waals surface area contributed by atoms with Gasteiger partial charge in [-0.25, -0.2) is 0 Å². The van der Waals surface area contributed by atoms with Crippen LogP contribution < -0.4 is 5.32 Å². The smallest absolute Gasteiger partial charge is 0.240 e. The average Bonchev–Trinajstić information content (AvgIpc) is 2.43. The van der Waals surface area contributed by atoms with Gasteiger partial charge in [-0.05, 0) is 13.3 Å². The van der Waals surface area contributed by atoms with E-state index in [4.69, 9.17) is 0 Å². The Bertz CT molecular complexity index is 159. The van der Waals surface area contributed by atoms with E-state index < -0.39 is 0 Å². The number of rotatable bonds is 4. The molecule has 1 rings (SSSR count). The van der Waals surface area contributed by atoms with Crippen LogP contribution in [-0.4, -0.2) is 30.1 Å². The lowest BCUT2D eigenvalue weighted by Gasteiger charge is -2.11. The standard InChI is InChI=1S/C9H18N2O/c1-3-5-6-8-9(12)11(4-2)7-10-8/h8,10H,3-7H2,1-2H3. The van der Waals surface area contributed by atoms with Crippen molar-refractivity contribution in [3.05, 3.63) is 0 Å². The summed E-state index contributed by atoms with van der Waals surface area (Å²) in [6.45, 7) is 5.73. The highest BCUT2D eigenvalue weighted by Gasteiger charge is 2.28. The Kier molecular flexibility index (Phi) is 3.53. The highest BCUT2D eigenvalue weighted by Crippen LogP contribution is 2.09. The summed E-state index contributed by atoms with van der Waals surface area (Å²) in [5.41, 5.74) is 0. The molecule has 0 aromatic heterocycles. The summed E-state index contributed by atoms with van der Waals surface area (Å²) < 4.78 is 0. The van der Waals surface area contributed by atoms with Gasteiger partial charge in [0, 0.05) is 6.54 Å². The fourth-order valence-electron chi connectivity index (χ4n) is 1.51. The number of nitrogens with one attached hydrogen (secondary N) is 1. The molecule has 0 aromatic carbocycles. The van der Waals surface area contributed by atoms with E-state index in [-0.39, 0.29) is 11.9 Å². The predicted molar refractivity (Wildman–Crippen MR) is 48.7 cm³/mol. The molecule has 1 amide bonds. The van der Waals surface area contributed by atoms with E-state index in [9.17, 15) is 4.79 Å². The SMILES string of the molecule is CCCCC1NCN(CC)C1=O. The molecule has 1 aliphatic rings. The second kappa shape index (κ2) is 4.45. The maximum Gasteiger partial charge on any atom is 0.240 e. The Morgan fingerprint density at radius 2 is 2.33 bits per heavy atom. The molecule has 12 heavy (non-hydrogen) atoms. The van der Waals surface area contributed by atoms with Gasteiger partial charge in [-0.1, -0.05) is 19.8 Å². The molecule has 0 saturated carbocycles. The first-order valence-electron chi connectivity index (χ1n) is 4.81. The quantitative estimate of drug-likeness (QED) is 0.681. The molecule has 1 saturated heterocycles. The highest BCUT2D eigenvalue weighted by atomic mass is 16.2. The van der Waals surface area contributed by atoms with E-state index in [1.807, 2.05) is 11.8 Å². The maximum absolute atomic E-state index is 11.5. The van der Waals surface area contributed by atoms with Crippen molar-refractivity contribution in [3.63, 3.8) is 0 Å². The zero-order chi connectivity index (χ0) is 8.97. The fraction of sp³-hybridized carbons (Fsp3) is 0.889. The fourth-order valence-corrected chi connectivity index (χ4v) is 1.51. The number of hydrogen-bond acceptors (Lipinski definition) is 2. The third-order valence-electron chi connectivity index (χ3n) is 2.37. The van der Waals surface area contributed by atoms with Crippen LogP contribution in [0.4, 0.5) is 0 Å². The third-order valence-corrected chi connectivity index (χ3v) is 2.37. The molecule has 1 N–H and O–H groups in total. The monoisotopic (exact) mass is 170 g/mol. The number of amides is 1. The molecule has 0 spiro atoms. The van der Waals surface area contributed by atoms with Crippen molar-refractivity contribution in [1.82, 2.24) is 10.2 Å². The molecular formula is C9H18N2O. The largest absolute Gasteiger partial charge is 0.329 e. The predicted octanol–water partition coefficient (Wildman–Crippen LogP) is 0.954. The molecule has 0 radical (unpaired) electrons. The van der Waals surface area contributed by atoms with E-state index >= 15 is 0 Å². The van der Waals surface area contributed by atoms with E-state index in [0.717, 1.165) is 32.5 Å². The van der Waals surface area contributed by atoms with Gasteiger partial charge in [0.2, 0.25) is 5.91 Å². The van der Waals surface area contributed by atoms with Gasteiger partial charge in [0.1, 0.15) is 0 Å². The molecule has 0 aromatic rings. The summed E-state index contributed by atoms with van der Waals surface area (Å²) in [5, 5.41) is 3.22. The van der Waals surface area contributed by atoms with Crippen molar-refractivity contribution in [2.75, 3.05) is 13.2 Å². The zero-order valence-corrected chi connectivity index (χ0v) is 7.97. The van der Waals surface area contributed by atoms with Crippen molar-refractivity contribution < 1.29 is 4.79 Å². The van der Waals surface area contributed by atoms with Crippen molar-refractivity contribution >= 4 is 5.91 Å². The van der Waals surface area contributed by atoms with Crippen LogP contribution in [0.1, 0.15) is 33.1 Å². The van der Waals surface area contributed by atoms with E-state index in [1.165, 1.54) is 0 Å². The van der Waals surface area contributed by atoms with E-state index in [1.54, 1.807) is 0 Å². The average molecular weight is 170 g/mol. The van der Waals surface area contributed by atoms with Crippen LogP contribution in [0.2, 0.25) is 0 Å². The Morgan fingerprint density at radius 3 is 2.83 bits per heavy atom. The summed E-state index contributed by atoms with van der Waals surface area (Å²) in [4.78, 5) is 13.4. The highest BCUT2D eigenvalue weighted by molar-refractivity contribution is 5.83. The maximum atomic E-state index is 11.5. The lowest BCUT2D eigenvalue weighted by molar-refractivity contribution is -0.128. The van der Waals surface area contributed by atoms with Gasteiger partial charge < -0.3 is 4.90 Å². The second-order valence-electron chi connectivity index (χ2n) is 3.25. The molecule has 1 atom stereocenters. The van der Waals surface area contributed by atoms with E-state index in [2.05, 4.69) is 12.2 Å². The van der Waals surface area contributed by atoms with Gasteiger partial charge in [-0.15, -0.1) is 0 Å². The van der Waals surface area contributed by atoms with Crippen molar-refractivity contribution in [3.8, 4) is 0 Å². The van der Waals surface area contributed by atoms with Gasteiger partial charge in [-0.2, -0.15) is 0 Å². The summed E-state index contributed by atoms with van der Waals surface area (Å²) >= 11 is 0. The molecule has 70 valence electrons. The first-order valence-corrected chi connectivity index (χ1v) is 4.81. The van der Waals surface area contributed by atoms with Crippen molar-refractivity contribution in [1.29, 1.82) is 0 Å². The minimum atomic E-state index is 0.102. The Hall–Kier alpha value is -0.570. The van der Waals surface area contributed by atoms with Crippen LogP contribution in [0.5, 0.6) is 0 Å². The van der Waals surface area contributed by atoms with Gasteiger partial charge in [0.25, 0.3) is 0 Å². The molecular weight excluding hydrogens is 152 g/mol. The number of carbonyl (C=O) groups excluding carboxylic acids is 1. The number of unbranched alkanes of at least 4 members (excludes halogenated alkanes) is 1. The van der Waals surface area contributed by atoms with Gasteiger partial charge in [-0.3, -0.25) is 10.1 Å². The first kappa shape index (κ1) is 9.52. The molecule has 0 bridgehead atoms. The Labute approximate surface area is 74.1 Å². The topological polar surface area (TPSA) is 32.3 Å². The minimum Gasteiger partial charge on any atom is -0.329 e. The summed E-state index contributed by atoms with van der Waals surface area (Å²) in [6.07, 6.45) is 3.30. The van der Waals surface area contributed by atoms with E-state index in [0.29, 0.717) is 0 Å². The van der Waals surface area contributed by atoms with Gasteiger partial charge >= 0.3 is 0 Å². The van der Waals surface area contributed by atoms with Crippen LogP contribution >= 0.6 is 0 Å². The van der Waals surface area contributed by atoms with Crippen LogP contribution in [0, 0.1) is 0 Å². The lowest BCUT2D eigenvalue weighted by atomic mass is 10.1. The Balaban J connectivity index is 2.33. The van der Waals surface area contributed by atoms with Gasteiger partial charge in [0.15, 0.2) is 0 Å². The second-order valence-corrected chi connectivity index (χ2v) is 3.25. The summed E-state index contributed by atoms with van der Waals surface area (Å²) in [7, 11) is 0. The summed E-state index contributed by atoms with van der Waals surface area (Å²) in [6, 6.07) is 0.102. The summed E-state index contributed by atoms with van der Waals surface area (Å²) in [5.74, 6) is 0.283. The van der Waals surface area contributed by atoms with Crippen LogP contribution in [0.25, 0.3) is 0 Å². The molecule has 0 aliphatic carbocycles. The van der Waals surface area contributed by atoms with Crippen molar-refractivity contribution in [2.45, 2.75) is 39.2 Å². The molecule has 1 aliphatic heterocycles. The number of likely N-dealkylation sites (N-methyl/N-ethyl adjacent to an activating group) is 1. The number of hydrogen-bond donors (Lipinski definition) is 1. The van der Waals surface area contributed by atoms with Gasteiger partial charge in [0.05, 0.1) is 12.7 Å². The number of carbonyl (C=O) groups is 1. The lowest BCUT2D eigenvalue weighted by Crippen LogP contribution is -2.30. The molecule has 1 unspecified atom stereocenters. The molecule has 1 fully saturated rings. The van der Waals surface area contributed by atoms with Crippen LogP contribution in [0.3, 0.4) is 0 Å². The molecule has 3 heteroatoms. The normalized spacial score (nSPS) is 23.7. The Morgan fingerprint density at radius 1 is 1.58 bits per heavy atom. The zero-order valence-electron chi connectivity index (χ0n) is 7.97. The number of nitrogens with zero attached hydrogens (tertiary/aromatic N) is 1. The third kappa shape index (κ3) is 1.97. The van der Waals surface area contributed by atoms with Crippen LogP contribution in [-0.2, 0) is 4.79 Å². The first-order chi connectivity index (χ1) is 5.79. The van der Waals surface area contributed by atoms with Crippen molar-refractivity contribution in [2.24, 2.45) is 0 Å².